The lowest BCUT2D eigenvalue weighted by Crippen LogP contribution is -2.27. The number of hydrogen-bond acceptors (Lipinski definition) is 3. The quantitative estimate of drug-likeness (QED) is 0.693. The molecule has 0 amide bonds. The summed E-state index contributed by atoms with van der Waals surface area (Å²) < 4.78 is 11.2. The van der Waals surface area contributed by atoms with Gasteiger partial charge in [0.2, 0.25) is 0 Å². The minimum absolute atomic E-state index is 0.0294. The first-order valence-corrected chi connectivity index (χ1v) is 7.20. The van der Waals surface area contributed by atoms with Gasteiger partial charge in [0, 0.05) is 12.6 Å². The van der Waals surface area contributed by atoms with E-state index >= 15 is 0 Å². The van der Waals surface area contributed by atoms with Gasteiger partial charge in [-0.1, -0.05) is 38.3 Å². The van der Waals surface area contributed by atoms with Crippen molar-refractivity contribution in [3.8, 4) is 5.75 Å². The van der Waals surface area contributed by atoms with Gasteiger partial charge >= 0.3 is 0 Å². The van der Waals surface area contributed by atoms with Crippen molar-refractivity contribution >= 4 is 0 Å². The molecule has 0 aromatic heterocycles. The fraction of sp³-hybridized carbons (Fsp3) is 0.625. The zero-order chi connectivity index (χ0) is 14.1. The van der Waals surface area contributed by atoms with Crippen LogP contribution in [0.3, 0.4) is 0 Å². The lowest BCUT2D eigenvalue weighted by atomic mass is 10.0. The normalized spacial score (nSPS) is 14.1. The number of hydrogen-bond donors (Lipinski definition) is 1. The summed E-state index contributed by atoms with van der Waals surface area (Å²) in [4.78, 5) is 0. The Morgan fingerprint density at radius 1 is 1.21 bits per heavy atom. The molecule has 0 aliphatic heterocycles. The summed E-state index contributed by atoms with van der Waals surface area (Å²) in [7, 11) is 1.67. The molecule has 0 saturated carbocycles. The van der Waals surface area contributed by atoms with Crippen LogP contribution in [0.25, 0.3) is 0 Å². The molecule has 1 rings (SSSR count). The summed E-state index contributed by atoms with van der Waals surface area (Å²) in [6.07, 6.45) is 4.77. The minimum atomic E-state index is -0.0586. The van der Waals surface area contributed by atoms with E-state index in [9.17, 15) is 0 Å². The fourth-order valence-corrected chi connectivity index (χ4v) is 2.11. The van der Waals surface area contributed by atoms with Crippen LogP contribution in [0.2, 0.25) is 0 Å². The molecule has 0 bridgehead atoms. The lowest BCUT2D eigenvalue weighted by Gasteiger charge is -2.22. The van der Waals surface area contributed by atoms with Crippen LogP contribution < -0.4 is 10.5 Å². The third-order valence-corrected chi connectivity index (χ3v) is 3.20. The Kier molecular flexibility index (Phi) is 7.53. The topological polar surface area (TPSA) is 44.5 Å². The summed E-state index contributed by atoms with van der Waals surface area (Å²) in [6, 6.07) is 7.92. The molecular formula is C16H27NO2. The van der Waals surface area contributed by atoms with E-state index in [0.29, 0.717) is 0 Å². The van der Waals surface area contributed by atoms with Crippen LogP contribution in [0, 0.1) is 0 Å². The highest BCUT2D eigenvalue weighted by molar-refractivity contribution is 5.30. The van der Waals surface area contributed by atoms with Gasteiger partial charge in [0.15, 0.2) is 0 Å². The van der Waals surface area contributed by atoms with Gasteiger partial charge in [-0.25, -0.2) is 0 Å². The standard InChI is InChI=1S/C16H27NO2/c1-4-5-6-7-11-19-16(13(2)17)14-9-8-10-15(12-14)18-3/h8-10,12-13,16H,4-7,11,17H2,1-3H3. The van der Waals surface area contributed by atoms with Gasteiger partial charge in [-0.3, -0.25) is 0 Å². The molecule has 1 aromatic carbocycles. The largest absolute Gasteiger partial charge is 0.497 e. The third-order valence-electron chi connectivity index (χ3n) is 3.20. The SMILES string of the molecule is CCCCCCOC(c1cccc(OC)c1)C(C)N. The van der Waals surface area contributed by atoms with Crippen LogP contribution in [0.15, 0.2) is 24.3 Å². The molecular weight excluding hydrogens is 238 g/mol. The van der Waals surface area contributed by atoms with Gasteiger partial charge in [-0.05, 0) is 31.0 Å². The van der Waals surface area contributed by atoms with E-state index in [4.69, 9.17) is 15.2 Å². The van der Waals surface area contributed by atoms with Gasteiger partial charge in [0.25, 0.3) is 0 Å². The number of ether oxygens (including phenoxy) is 2. The highest BCUT2D eigenvalue weighted by atomic mass is 16.5. The predicted octanol–water partition coefficient (Wildman–Crippen LogP) is 3.68. The second kappa shape index (κ2) is 8.94. The van der Waals surface area contributed by atoms with Crippen LogP contribution in [-0.2, 0) is 4.74 Å². The number of methoxy groups -OCH3 is 1. The summed E-state index contributed by atoms with van der Waals surface area (Å²) in [6.45, 7) is 4.96. The molecule has 0 saturated heterocycles. The molecule has 0 radical (unpaired) electrons. The first kappa shape index (κ1) is 16.0. The van der Waals surface area contributed by atoms with Gasteiger partial charge in [0.1, 0.15) is 5.75 Å². The lowest BCUT2D eigenvalue weighted by molar-refractivity contribution is 0.0357. The van der Waals surface area contributed by atoms with Crippen molar-refractivity contribution in [2.75, 3.05) is 13.7 Å². The average molecular weight is 265 g/mol. The van der Waals surface area contributed by atoms with E-state index < -0.39 is 0 Å². The first-order chi connectivity index (χ1) is 9.19. The number of nitrogens with two attached hydrogens (primary N) is 1. The molecule has 0 fully saturated rings. The third kappa shape index (κ3) is 5.62. The van der Waals surface area contributed by atoms with Crippen molar-refractivity contribution in [2.45, 2.75) is 51.7 Å². The molecule has 0 spiro atoms. The highest BCUT2D eigenvalue weighted by Crippen LogP contribution is 2.24. The summed E-state index contributed by atoms with van der Waals surface area (Å²) in [5, 5.41) is 0. The monoisotopic (exact) mass is 265 g/mol. The Morgan fingerprint density at radius 2 is 2.00 bits per heavy atom. The number of benzene rings is 1. The van der Waals surface area contributed by atoms with Gasteiger partial charge in [-0.15, -0.1) is 0 Å². The smallest absolute Gasteiger partial charge is 0.119 e. The van der Waals surface area contributed by atoms with Crippen molar-refractivity contribution in [3.05, 3.63) is 29.8 Å². The first-order valence-electron chi connectivity index (χ1n) is 7.20. The van der Waals surface area contributed by atoms with E-state index in [0.717, 1.165) is 24.3 Å². The van der Waals surface area contributed by atoms with E-state index in [1.807, 2.05) is 31.2 Å². The van der Waals surface area contributed by atoms with Crippen molar-refractivity contribution in [1.82, 2.24) is 0 Å². The van der Waals surface area contributed by atoms with Gasteiger partial charge in [-0.2, -0.15) is 0 Å². The minimum Gasteiger partial charge on any atom is -0.497 e. The molecule has 19 heavy (non-hydrogen) atoms. The Morgan fingerprint density at radius 3 is 2.63 bits per heavy atom. The van der Waals surface area contributed by atoms with Crippen molar-refractivity contribution in [3.63, 3.8) is 0 Å². The zero-order valence-electron chi connectivity index (χ0n) is 12.4. The highest BCUT2D eigenvalue weighted by Gasteiger charge is 2.17. The maximum absolute atomic E-state index is 6.04. The van der Waals surface area contributed by atoms with Crippen molar-refractivity contribution < 1.29 is 9.47 Å². The zero-order valence-corrected chi connectivity index (χ0v) is 12.4. The summed E-state index contributed by atoms with van der Waals surface area (Å²) in [5.41, 5.74) is 7.12. The Balaban J connectivity index is 2.56. The number of unbranched alkanes of at least 4 members (excludes halogenated alkanes) is 3. The van der Waals surface area contributed by atoms with E-state index in [1.54, 1.807) is 7.11 Å². The molecule has 0 aliphatic carbocycles. The second-order valence-corrected chi connectivity index (χ2v) is 4.99. The molecule has 0 aliphatic rings. The molecule has 2 atom stereocenters. The molecule has 2 unspecified atom stereocenters. The second-order valence-electron chi connectivity index (χ2n) is 4.99. The van der Waals surface area contributed by atoms with Gasteiger partial charge in [0.05, 0.1) is 13.2 Å². The van der Waals surface area contributed by atoms with Crippen LogP contribution in [0.4, 0.5) is 0 Å². The summed E-state index contributed by atoms with van der Waals surface area (Å²) in [5.74, 6) is 0.845. The van der Waals surface area contributed by atoms with Crippen molar-refractivity contribution in [2.24, 2.45) is 5.73 Å². The Labute approximate surface area is 117 Å². The van der Waals surface area contributed by atoms with Crippen LogP contribution in [0.5, 0.6) is 5.75 Å². The van der Waals surface area contributed by atoms with E-state index in [2.05, 4.69) is 6.92 Å². The van der Waals surface area contributed by atoms with Gasteiger partial charge < -0.3 is 15.2 Å². The van der Waals surface area contributed by atoms with E-state index in [1.165, 1.54) is 19.3 Å². The molecule has 3 nitrogen and oxygen atoms in total. The maximum Gasteiger partial charge on any atom is 0.119 e. The van der Waals surface area contributed by atoms with Crippen molar-refractivity contribution in [1.29, 1.82) is 0 Å². The molecule has 0 heterocycles. The molecule has 1 aromatic rings. The Hall–Kier alpha value is -1.06. The van der Waals surface area contributed by atoms with Crippen LogP contribution in [0.1, 0.15) is 51.2 Å². The molecule has 108 valence electrons. The van der Waals surface area contributed by atoms with E-state index in [-0.39, 0.29) is 12.1 Å². The fourth-order valence-electron chi connectivity index (χ4n) is 2.11. The number of rotatable bonds is 9. The van der Waals surface area contributed by atoms with Crippen LogP contribution in [-0.4, -0.2) is 19.8 Å². The predicted molar refractivity (Wildman–Crippen MR) is 79.5 cm³/mol. The molecule has 3 heteroatoms. The summed E-state index contributed by atoms with van der Waals surface area (Å²) >= 11 is 0. The average Bonchev–Trinajstić information content (AvgIpc) is 2.42. The molecule has 2 N–H and O–H groups in total. The Bertz CT molecular complexity index is 352. The van der Waals surface area contributed by atoms with Crippen LogP contribution >= 0.6 is 0 Å². The maximum atomic E-state index is 6.04.